The number of aryl methyl sites for hydroxylation is 1. The van der Waals surface area contributed by atoms with E-state index in [1.807, 2.05) is 0 Å². The Morgan fingerprint density at radius 3 is 2.78 bits per heavy atom. The van der Waals surface area contributed by atoms with Crippen LogP contribution in [0.5, 0.6) is 0 Å². The highest BCUT2D eigenvalue weighted by molar-refractivity contribution is 9.10. The Morgan fingerprint density at radius 1 is 1.44 bits per heavy atom. The van der Waals surface area contributed by atoms with Crippen LogP contribution in [0.15, 0.2) is 38.4 Å². The lowest BCUT2D eigenvalue weighted by Gasteiger charge is -2.10. The molecular formula is C10H10BrN3O3S. The van der Waals surface area contributed by atoms with Crippen molar-refractivity contribution in [3.63, 3.8) is 0 Å². The standard InChI is InChI=1S/C10H10BrN3O3S/c1-6-4-7(11)8(12)5-9(6)18(15,16)14-10-2-3-17-13-10/h2-5H,12H2,1H3,(H,13,14). The van der Waals surface area contributed by atoms with Crippen molar-refractivity contribution in [2.75, 3.05) is 10.5 Å². The fourth-order valence-electron chi connectivity index (χ4n) is 1.42. The number of halogens is 1. The molecule has 18 heavy (non-hydrogen) atoms. The van der Waals surface area contributed by atoms with Gasteiger partial charge in [0.25, 0.3) is 10.0 Å². The molecule has 2 aromatic rings. The molecule has 0 unspecified atom stereocenters. The van der Waals surface area contributed by atoms with Gasteiger partial charge >= 0.3 is 0 Å². The van der Waals surface area contributed by atoms with Gasteiger partial charge in [-0.2, -0.15) is 0 Å². The van der Waals surface area contributed by atoms with Crippen molar-refractivity contribution in [2.24, 2.45) is 0 Å². The van der Waals surface area contributed by atoms with Crippen molar-refractivity contribution < 1.29 is 12.9 Å². The normalized spacial score (nSPS) is 11.4. The van der Waals surface area contributed by atoms with E-state index in [1.165, 1.54) is 18.4 Å². The lowest BCUT2D eigenvalue weighted by molar-refractivity contribution is 0.423. The van der Waals surface area contributed by atoms with Crippen molar-refractivity contribution in [2.45, 2.75) is 11.8 Å². The second-order valence-corrected chi connectivity index (χ2v) is 6.13. The number of benzene rings is 1. The van der Waals surface area contributed by atoms with E-state index < -0.39 is 10.0 Å². The summed E-state index contributed by atoms with van der Waals surface area (Å²) in [6.07, 6.45) is 1.28. The molecule has 8 heteroatoms. The van der Waals surface area contributed by atoms with Gasteiger partial charge in [-0.3, -0.25) is 4.72 Å². The zero-order valence-electron chi connectivity index (χ0n) is 9.34. The molecule has 0 radical (unpaired) electrons. The Balaban J connectivity index is 2.44. The van der Waals surface area contributed by atoms with Crippen molar-refractivity contribution >= 4 is 37.5 Å². The van der Waals surface area contributed by atoms with Crippen molar-refractivity contribution in [3.8, 4) is 0 Å². The average molecular weight is 332 g/mol. The summed E-state index contributed by atoms with van der Waals surface area (Å²) in [6.45, 7) is 1.68. The number of nitrogens with zero attached hydrogens (tertiary/aromatic N) is 1. The van der Waals surface area contributed by atoms with E-state index >= 15 is 0 Å². The number of anilines is 2. The highest BCUT2D eigenvalue weighted by atomic mass is 79.9. The molecule has 0 saturated carbocycles. The Hall–Kier alpha value is -1.54. The molecule has 0 aliphatic carbocycles. The van der Waals surface area contributed by atoms with Crippen LogP contribution in [-0.4, -0.2) is 13.6 Å². The van der Waals surface area contributed by atoms with Crippen LogP contribution in [0.4, 0.5) is 11.5 Å². The van der Waals surface area contributed by atoms with Crippen LogP contribution in [-0.2, 0) is 10.0 Å². The summed E-state index contributed by atoms with van der Waals surface area (Å²) in [5.74, 6) is 0.121. The highest BCUT2D eigenvalue weighted by Crippen LogP contribution is 2.27. The molecular weight excluding hydrogens is 322 g/mol. The zero-order chi connectivity index (χ0) is 13.3. The van der Waals surface area contributed by atoms with Crippen LogP contribution in [0.2, 0.25) is 0 Å². The van der Waals surface area contributed by atoms with Gasteiger partial charge in [-0.25, -0.2) is 8.42 Å². The molecule has 0 fully saturated rings. The fraction of sp³-hybridized carbons (Fsp3) is 0.100. The number of hydrogen-bond donors (Lipinski definition) is 2. The summed E-state index contributed by atoms with van der Waals surface area (Å²) >= 11 is 3.24. The lowest BCUT2D eigenvalue weighted by Crippen LogP contribution is -2.15. The maximum atomic E-state index is 12.1. The minimum atomic E-state index is -3.73. The third kappa shape index (κ3) is 2.49. The zero-order valence-corrected chi connectivity index (χ0v) is 11.7. The molecule has 2 rings (SSSR count). The quantitative estimate of drug-likeness (QED) is 0.839. The summed E-state index contributed by atoms with van der Waals surface area (Å²) in [5.41, 5.74) is 6.61. The van der Waals surface area contributed by atoms with E-state index in [-0.39, 0.29) is 10.7 Å². The topological polar surface area (TPSA) is 98.2 Å². The van der Waals surface area contributed by atoms with Crippen molar-refractivity contribution in [1.82, 2.24) is 5.16 Å². The first kappa shape index (κ1) is 12.9. The molecule has 0 aliphatic rings. The molecule has 96 valence electrons. The van der Waals surface area contributed by atoms with Crippen molar-refractivity contribution in [1.29, 1.82) is 0 Å². The predicted octanol–water partition coefficient (Wildman–Crippen LogP) is 2.13. The first-order valence-corrected chi connectivity index (χ1v) is 7.16. The van der Waals surface area contributed by atoms with Crippen LogP contribution in [0, 0.1) is 6.92 Å². The van der Waals surface area contributed by atoms with Crippen LogP contribution in [0.25, 0.3) is 0 Å². The minimum absolute atomic E-state index is 0.103. The van der Waals surface area contributed by atoms with Gasteiger partial charge in [0.2, 0.25) is 0 Å². The number of aromatic nitrogens is 1. The summed E-state index contributed by atoms with van der Waals surface area (Å²) in [5, 5.41) is 3.49. The first-order chi connectivity index (χ1) is 8.40. The number of nitrogen functional groups attached to an aromatic ring is 1. The number of rotatable bonds is 3. The molecule has 0 amide bonds. The van der Waals surface area contributed by atoms with Gasteiger partial charge in [0.05, 0.1) is 4.90 Å². The number of hydrogen-bond acceptors (Lipinski definition) is 5. The van der Waals surface area contributed by atoms with E-state index in [2.05, 4.69) is 30.3 Å². The molecule has 3 N–H and O–H groups in total. The maximum absolute atomic E-state index is 12.1. The van der Waals surface area contributed by atoms with Gasteiger partial charge < -0.3 is 10.3 Å². The lowest BCUT2D eigenvalue weighted by atomic mass is 10.2. The highest BCUT2D eigenvalue weighted by Gasteiger charge is 2.19. The predicted molar refractivity (Wildman–Crippen MR) is 70.6 cm³/mol. The second-order valence-electron chi connectivity index (χ2n) is 3.63. The van der Waals surface area contributed by atoms with Gasteiger partial charge in [0, 0.05) is 16.2 Å². The molecule has 0 bridgehead atoms. The van der Waals surface area contributed by atoms with Crippen LogP contribution < -0.4 is 10.5 Å². The molecule has 1 aromatic carbocycles. The molecule has 0 saturated heterocycles. The van der Waals surface area contributed by atoms with Gasteiger partial charge in [-0.15, -0.1) is 0 Å². The molecule has 1 aromatic heterocycles. The van der Waals surface area contributed by atoms with E-state index in [1.54, 1.807) is 13.0 Å². The number of nitrogens with one attached hydrogen (secondary N) is 1. The molecule has 6 nitrogen and oxygen atoms in total. The van der Waals surface area contributed by atoms with Gasteiger partial charge in [0.1, 0.15) is 6.26 Å². The van der Waals surface area contributed by atoms with Crippen LogP contribution in [0.3, 0.4) is 0 Å². The Bertz CT molecular complexity index is 668. The summed E-state index contributed by atoms with van der Waals surface area (Å²) < 4.78 is 31.8. The fourth-order valence-corrected chi connectivity index (χ4v) is 3.13. The van der Waals surface area contributed by atoms with E-state index in [9.17, 15) is 8.42 Å². The van der Waals surface area contributed by atoms with E-state index in [4.69, 9.17) is 5.73 Å². The first-order valence-electron chi connectivity index (χ1n) is 4.89. The van der Waals surface area contributed by atoms with Crippen molar-refractivity contribution in [3.05, 3.63) is 34.5 Å². The summed E-state index contributed by atoms with van der Waals surface area (Å²) in [7, 11) is -3.73. The number of sulfonamides is 1. The summed E-state index contributed by atoms with van der Waals surface area (Å²) in [4.78, 5) is 0.103. The second kappa shape index (κ2) is 4.62. The van der Waals surface area contributed by atoms with Gasteiger partial charge in [-0.1, -0.05) is 5.16 Å². The SMILES string of the molecule is Cc1cc(Br)c(N)cc1S(=O)(=O)Nc1ccon1. The Kier molecular flexibility index (Phi) is 3.31. The third-order valence-electron chi connectivity index (χ3n) is 2.26. The van der Waals surface area contributed by atoms with E-state index in [0.29, 0.717) is 15.7 Å². The summed E-state index contributed by atoms with van der Waals surface area (Å²) in [6, 6.07) is 4.45. The Labute approximate surface area is 112 Å². The minimum Gasteiger partial charge on any atom is -0.398 e. The van der Waals surface area contributed by atoms with Gasteiger partial charge in [0.15, 0.2) is 5.82 Å². The maximum Gasteiger partial charge on any atom is 0.263 e. The van der Waals surface area contributed by atoms with Gasteiger partial charge in [-0.05, 0) is 40.5 Å². The molecule has 0 atom stereocenters. The molecule has 0 aliphatic heterocycles. The van der Waals surface area contributed by atoms with Crippen LogP contribution in [0.1, 0.15) is 5.56 Å². The smallest absolute Gasteiger partial charge is 0.263 e. The molecule has 1 heterocycles. The Morgan fingerprint density at radius 2 is 2.17 bits per heavy atom. The van der Waals surface area contributed by atoms with E-state index in [0.717, 1.165) is 0 Å². The molecule has 0 spiro atoms. The largest absolute Gasteiger partial charge is 0.398 e. The third-order valence-corrected chi connectivity index (χ3v) is 4.44. The number of nitrogens with two attached hydrogens (primary N) is 1. The monoisotopic (exact) mass is 331 g/mol. The van der Waals surface area contributed by atoms with Crippen LogP contribution >= 0.6 is 15.9 Å². The average Bonchev–Trinajstić information content (AvgIpc) is 2.75.